The zero-order valence-electron chi connectivity index (χ0n) is 11.9. The van der Waals surface area contributed by atoms with E-state index in [1.54, 1.807) is 14.0 Å². The molecule has 0 spiro atoms. The fourth-order valence-electron chi connectivity index (χ4n) is 1.79. The summed E-state index contributed by atoms with van der Waals surface area (Å²) in [7, 11) is 1.54. The Morgan fingerprint density at radius 3 is 2.55 bits per heavy atom. The summed E-state index contributed by atoms with van der Waals surface area (Å²) in [5.74, 6) is -0.474. The number of hydrogen-bond acceptors (Lipinski definition) is 4. The quantitative estimate of drug-likeness (QED) is 0.737. The maximum absolute atomic E-state index is 11.8. The largest absolute Gasteiger partial charge is 0.466 e. The Bertz CT molecular complexity index is 419. The van der Waals surface area contributed by atoms with E-state index >= 15 is 0 Å². The molecular formula is C15H21NO4. The molecule has 0 radical (unpaired) electrons. The van der Waals surface area contributed by atoms with Gasteiger partial charge >= 0.3 is 5.97 Å². The number of carbonyl (C=O) groups is 2. The Labute approximate surface area is 119 Å². The highest BCUT2D eigenvalue weighted by molar-refractivity contribution is 5.78. The number of nitrogens with one attached hydrogen (secondary N) is 1. The van der Waals surface area contributed by atoms with E-state index in [-0.39, 0.29) is 30.8 Å². The number of benzene rings is 1. The maximum Gasteiger partial charge on any atom is 0.308 e. The van der Waals surface area contributed by atoms with Crippen molar-refractivity contribution in [2.24, 2.45) is 0 Å². The molecule has 0 aliphatic carbocycles. The van der Waals surface area contributed by atoms with Crippen molar-refractivity contribution in [2.75, 3.05) is 20.3 Å². The summed E-state index contributed by atoms with van der Waals surface area (Å²) in [5.41, 5.74) is 0.881. The summed E-state index contributed by atoms with van der Waals surface area (Å²) in [6.45, 7) is 2.44. The number of esters is 1. The highest BCUT2D eigenvalue weighted by Gasteiger charge is 2.18. The first kappa shape index (κ1) is 16.2. The van der Waals surface area contributed by atoms with E-state index in [0.717, 1.165) is 5.56 Å². The van der Waals surface area contributed by atoms with Crippen LogP contribution < -0.4 is 5.32 Å². The van der Waals surface area contributed by atoms with Crippen molar-refractivity contribution in [3.05, 3.63) is 35.9 Å². The van der Waals surface area contributed by atoms with E-state index in [9.17, 15) is 9.59 Å². The molecule has 0 aliphatic heterocycles. The summed E-state index contributed by atoms with van der Waals surface area (Å²) in [4.78, 5) is 23.4. The first-order valence-electron chi connectivity index (χ1n) is 6.66. The second-order valence-electron chi connectivity index (χ2n) is 4.28. The van der Waals surface area contributed by atoms with Crippen molar-refractivity contribution >= 4 is 11.9 Å². The van der Waals surface area contributed by atoms with Gasteiger partial charge in [-0.3, -0.25) is 9.59 Å². The zero-order valence-corrected chi connectivity index (χ0v) is 11.9. The average molecular weight is 279 g/mol. The molecule has 1 atom stereocenters. The van der Waals surface area contributed by atoms with Crippen LogP contribution in [-0.2, 0) is 19.1 Å². The molecule has 110 valence electrons. The Kier molecular flexibility index (Phi) is 7.35. The highest BCUT2D eigenvalue weighted by Crippen LogP contribution is 2.17. The van der Waals surface area contributed by atoms with Crippen molar-refractivity contribution in [3.63, 3.8) is 0 Å². The third-order valence-electron chi connectivity index (χ3n) is 2.75. The molecule has 0 saturated heterocycles. The third-order valence-corrected chi connectivity index (χ3v) is 2.75. The molecule has 1 N–H and O–H groups in total. The average Bonchev–Trinajstić information content (AvgIpc) is 2.45. The van der Waals surface area contributed by atoms with Gasteiger partial charge in [-0.1, -0.05) is 30.3 Å². The van der Waals surface area contributed by atoms with Gasteiger partial charge in [0, 0.05) is 13.5 Å². The molecule has 5 nitrogen and oxygen atoms in total. The van der Waals surface area contributed by atoms with Crippen molar-refractivity contribution in [1.82, 2.24) is 5.32 Å². The monoisotopic (exact) mass is 279 g/mol. The maximum atomic E-state index is 11.8. The molecule has 1 aromatic rings. The van der Waals surface area contributed by atoms with Gasteiger partial charge in [0.1, 0.15) is 0 Å². The molecule has 1 amide bonds. The van der Waals surface area contributed by atoms with E-state index < -0.39 is 0 Å². The Hall–Kier alpha value is -1.88. The number of amides is 1. The van der Waals surface area contributed by atoms with Crippen LogP contribution in [0.5, 0.6) is 0 Å². The van der Waals surface area contributed by atoms with Gasteiger partial charge in [-0.05, 0) is 12.5 Å². The van der Waals surface area contributed by atoms with Crippen LogP contribution in [0.1, 0.15) is 31.4 Å². The highest BCUT2D eigenvalue weighted by atomic mass is 16.5. The predicted molar refractivity (Wildman–Crippen MR) is 75.1 cm³/mol. The van der Waals surface area contributed by atoms with E-state index in [4.69, 9.17) is 9.47 Å². The molecule has 0 fully saturated rings. The van der Waals surface area contributed by atoms with Gasteiger partial charge in [-0.2, -0.15) is 0 Å². The van der Waals surface area contributed by atoms with Gasteiger partial charge in [-0.25, -0.2) is 0 Å². The van der Waals surface area contributed by atoms with Crippen LogP contribution >= 0.6 is 0 Å². The van der Waals surface area contributed by atoms with Gasteiger partial charge in [0.05, 0.1) is 25.7 Å². The van der Waals surface area contributed by atoms with Crippen LogP contribution in [0.25, 0.3) is 0 Å². The Morgan fingerprint density at radius 1 is 1.25 bits per heavy atom. The number of methoxy groups -OCH3 is 1. The summed E-state index contributed by atoms with van der Waals surface area (Å²) in [6, 6.07) is 9.00. The van der Waals surface area contributed by atoms with Crippen LogP contribution in [0, 0.1) is 0 Å². The van der Waals surface area contributed by atoms with Gasteiger partial charge < -0.3 is 14.8 Å². The minimum atomic E-state index is -0.375. The first-order chi connectivity index (χ1) is 9.67. The molecule has 0 bridgehead atoms. The lowest BCUT2D eigenvalue weighted by Crippen LogP contribution is -2.31. The van der Waals surface area contributed by atoms with E-state index in [1.807, 2.05) is 30.3 Å². The normalized spacial score (nSPS) is 11.7. The predicted octanol–water partition coefficient (Wildman–Crippen LogP) is 1.83. The van der Waals surface area contributed by atoms with Gasteiger partial charge in [0.2, 0.25) is 5.91 Å². The van der Waals surface area contributed by atoms with Crippen LogP contribution in [0.3, 0.4) is 0 Å². The SMILES string of the molecule is CCOC(=O)CC(NC(=O)CCOC)c1ccccc1. The van der Waals surface area contributed by atoms with Crippen molar-refractivity contribution in [2.45, 2.75) is 25.8 Å². The molecule has 20 heavy (non-hydrogen) atoms. The molecule has 0 aromatic heterocycles. The summed E-state index contributed by atoms with van der Waals surface area (Å²) < 4.78 is 9.81. The number of rotatable bonds is 8. The number of carbonyl (C=O) groups excluding carboxylic acids is 2. The minimum Gasteiger partial charge on any atom is -0.466 e. The van der Waals surface area contributed by atoms with Gasteiger partial charge in [0.15, 0.2) is 0 Å². The molecule has 0 aliphatic rings. The fraction of sp³-hybridized carbons (Fsp3) is 0.467. The molecule has 0 saturated carbocycles. The van der Waals surface area contributed by atoms with Crippen LogP contribution in [0.2, 0.25) is 0 Å². The summed E-state index contributed by atoms with van der Waals surface area (Å²) >= 11 is 0. The lowest BCUT2D eigenvalue weighted by Gasteiger charge is -2.18. The number of hydrogen-bond donors (Lipinski definition) is 1. The fourth-order valence-corrected chi connectivity index (χ4v) is 1.79. The van der Waals surface area contributed by atoms with E-state index in [0.29, 0.717) is 13.2 Å². The summed E-state index contributed by atoms with van der Waals surface area (Å²) in [5, 5.41) is 2.84. The van der Waals surface area contributed by atoms with Crippen LogP contribution in [-0.4, -0.2) is 32.2 Å². The minimum absolute atomic E-state index is 0.122. The number of ether oxygens (including phenoxy) is 2. The van der Waals surface area contributed by atoms with Gasteiger partial charge in [0.25, 0.3) is 0 Å². The summed E-state index contributed by atoms with van der Waals surface area (Å²) in [6.07, 6.45) is 0.388. The third kappa shape index (κ3) is 5.84. The smallest absolute Gasteiger partial charge is 0.308 e. The van der Waals surface area contributed by atoms with Crippen molar-refractivity contribution in [1.29, 1.82) is 0 Å². The zero-order chi connectivity index (χ0) is 14.8. The second-order valence-corrected chi connectivity index (χ2v) is 4.28. The van der Waals surface area contributed by atoms with E-state index in [2.05, 4.69) is 5.32 Å². The molecular weight excluding hydrogens is 258 g/mol. The molecule has 0 heterocycles. The van der Waals surface area contributed by atoms with Crippen molar-refractivity contribution in [3.8, 4) is 0 Å². The second kappa shape index (κ2) is 9.09. The molecule has 1 rings (SSSR count). The lowest BCUT2D eigenvalue weighted by molar-refractivity contribution is -0.143. The Balaban J connectivity index is 2.69. The molecule has 5 heteroatoms. The lowest BCUT2D eigenvalue weighted by atomic mass is 10.0. The van der Waals surface area contributed by atoms with Crippen LogP contribution in [0.4, 0.5) is 0 Å². The Morgan fingerprint density at radius 2 is 1.95 bits per heavy atom. The van der Waals surface area contributed by atoms with Crippen molar-refractivity contribution < 1.29 is 19.1 Å². The van der Waals surface area contributed by atoms with Crippen LogP contribution in [0.15, 0.2) is 30.3 Å². The molecule has 1 unspecified atom stereocenters. The standard InChI is InChI=1S/C15H21NO4/c1-3-20-15(18)11-13(12-7-5-4-6-8-12)16-14(17)9-10-19-2/h4-8,13H,3,9-11H2,1-2H3,(H,16,17). The first-order valence-corrected chi connectivity index (χ1v) is 6.66. The van der Waals surface area contributed by atoms with E-state index in [1.165, 1.54) is 0 Å². The topological polar surface area (TPSA) is 64.6 Å². The van der Waals surface area contributed by atoms with Gasteiger partial charge in [-0.15, -0.1) is 0 Å². The molecule has 1 aromatic carbocycles.